The number of carbonyl (C=O) groups excluding carboxylic acids is 1. The Morgan fingerprint density at radius 2 is 1.27 bits per heavy atom. The molecule has 4 heteroatoms. The van der Waals surface area contributed by atoms with Crippen LogP contribution in [0.15, 0.2) is 59.7 Å². The molecule has 0 radical (unpaired) electrons. The van der Waals surface area contributed by atoms with E-state index >= 15 is 0 Å². The Labute approximate surface area is 164 Å². The van der Waals surface area contributed by atoms with Crippen molar-refractivity contribution < 1.29 is 4.79 Å². The van der Waals surface area contributed by atoms with Gasteiger partial charge in [-0.1, -0.05) is 59.6 Å². The molecule has 2 aromatic carbocycles. The highest BCUT2D eigenvalue weighted by atomic mass is 35.5. The highest BCUT2D eigenvalue weighted by molar-refractivity contribution is 6.33. The molecule has 3 rings (SSSR count). The van der Waals surface area contributed by atoms with Gasteiger partial charge in [-0.25, -0.2) is 0 Å². The van der Waals surface area contributed by atoms with Crippen molar-refractivity contribution in [2.75, 3.05) is 13.1 Å². The molecule has 0 N–H and O–H groups in total. The molecule has 0 unspecified atom stereocenters. The minimum atomic E-state index is 0.0572. The fourth-order valence-corrected chi connectivity index (χ4v) is 3.37. The third kappa shape index (κ3) is 4.27. The molecular formula is C22H21Cl2NO. The number of Topliss-reactive ketones (excluding diaryl/α,β-unsaturated/α-hetero) is 1. The van der Waals surface area contributed by atoms with Crippen molar-refractivity contribution in [2.24, 2.45) is 0 Å². The van der Waals surface area contributed by atoms with E-state index < -0.39 is 0 Å². The van der Waals surface area contributed by atoms with Crippen molar-refractivity contribution in [2.45, 2.75) is 19.9 Å². The monoisotopic (exact) mass is 385 g/mol. The number of halogens is 2. The van der Waals surface area contributed by atoms with E-state index in [9.17, 15) is 4.79 Å². The van der Waals surface area contributed by atoms with Crippen LogP contribution in [-0.4, -0.2) is 29.8 Å². The van der Waals surface area contributed by atoms with E-state index in [2.05, 4.69) is 18.7 Å². The van der Waals surface area contributed by atoms with Gasteiger partial charge in [0.25, 0.3) is 0 Å². The third-order valence-corrected chi connectivity index (χ3v) is 5.22. The molecule has 0 aliphatic carbocycles. The summed E-state index contributed by atoms with van der Waals surface area (Å²) in [4.78, 5) is 15.3. The molecule has 0 spiro atoms. The zero-order valence-corrected chi connectivity index (χ0v) is 16.4. The van der Waals surface area contributed by atoms with Crippen molar-refractivity contribution in [1.29, 1.82) is 0 Å². The summed E-state index contributed by atoms with van der Waals surface area (Å²) in [6.07, 6.45) is 3.80. The lowest BCUT2D eigenvalue weighted by Gasteiger charge is -2.33. The quantitative estimate of drug-likeness (QED) is 0.626. The molecule has 0 amide bonds. The Morgan fingerprint density at radius 3 is 1.65 bits per heavy atom. The molecule has 2 aromatic rings. The van der Waals surface area contributed by atoms with E-state index in [0.717, 1.165) is 22.3 Å². The molecule has 1 heterocycles. The van der Waals surface area contributed by atoms with Gasteiger partial charge in [-0.15, -0.1) is 0 Å². The SMILES string of the molecule is CC(C)N1C/C(=C/c2ccccc2Cl)C(=O)/C(=C/c2ccccc2Cl)C1. The number of piperidine rings is 1. The molecule has 134 valence electrons. The second-order valence-corrected chi connectivity index (χ2v) is 7.52. The third-order valence-electron chi connectivity index (χ3n) is 4.53. The molecule has 0 aromatic heterocycles. The van der Waals surface area contributed by atoms with Crippen molar-refractivity contribution >= 4 is 41.1 Å². The summed E-state index contributed by atoms with van der Waals surface area (Å²) in [5.41, 5.74) is 3.22. The van der Waals surface area contributed by atoms with E-state index in [1.165, 1.54) is 0 Å². The first-order valence-corrected chi connectivity index (χ1v) is 9.40. The fourth-order valence-electron chi connectivity index (χ4n) is 2.99. The molecule has 1 saturated heterocycles. The minimum Gasteiger partial charge on any atom is -0.292 e. The summed E-state index contributed by atoms with van der Waals surface area (Å²) in [7, 11) is 0. The fraction of sp³-hybridized carbons (Fsp3) is 0.227. The highest BCUT2D eigenvalue weighted by Crippen LogP contribution is 2.27. The predicted molar refractivity (Wildman–Crippen MR) is 111 cm³/mol. The van der Waals surface area contributed by atoms with Gasteiger partial charge in [0.05, 0.1) is 0 Å². The van der Waals surface area contributed by atoms with Crippen LogP contribution in [0.4, 0.5) is 0 Å². The first kappa shape index (κ1) is 18.9. The maximum absolute atomic E-state index is 13.1. The zero-order chi connectivity index (χ0) is 18.7. The number of nitrogens with zero attached hydrogens (tertiary/aromatic N) is 1. The number of likely N-dealkylation sites (tertiary alicyclic amines) is 1. The molecule has 0 saturated carbocycles. The first-order valence-electron chi connectivity index (χ1n) is 8.64. The van der Waals surface area contributed by atoms with E-state index in [4.69, 9.17) is 23.2 Å². The van der Waals surface area contributed by atoms with E-state index in [-0.39, 0.29) is 5.78 Å². The molecule has 0 bridgehead atoms. The Balaban J connectivity index is 2.02. The largest absolute Gasteiger partial charge is 0.292 e. The topological polar surface area (TPSA) is 20.3 Å². The molecule has 2 nitrogen and oxygen atoms in total. The lowest BCUT2D eigenvalue weighted by Crippen LogP contribution is -2.41. The summed E-state index contributed by atoms with van der Waals surface area (Å²) in [5, 5.41) is 1.29. The van der Waals surface area contributed by atoms with Gasteiger partial charge in [0.2, 0.25) is 0 Å². The number of ketones is 1. The second-order valence-electron chi connectivity index (χ2n) is 6.71. The normalized spacial score (nSPS) is 18.9. The van der Waals surface area contributed by atoms with Gasteiger partial charge in [0.15, 0.2) is 5.78 Å². The van der Waals surface area contributed by atoms with Crippen LogP contribution >= 0.6 is 23.2 Å². The van der Waals surface area contributed by atoms with Gasteiger partial charge >= 0.3 is 0 Å². The van der Waals surface area contributed by atoms with Crippen LogP contribution in [0.25, 0.3) is 12.2 Å². The van der Waals surface area contributed by atoms with Crippen LogP contribution in [0, 0.1) is 0 Å². The Hall–Kier alpha value is -1.87. The lowest BCUT2D eigenvalue weighted by atomic mass is 9.93. The smallest absolute Gasteiger partial charge is 0.187 e. The van der Waals surface area contributed by atoms with Crippen molar-refractivity contribution in [3.05, 3.63) is 80.8 Å². The van der Waals surface area contributed by atoms with Gasteiger partial charge < -0.3 is 0 Å². The van der Waals surface area contributed by atoms with Gasteiger partial charge in [0, 0.05) is 40.3 Å². The van der Waals surface area contributed by atoms with Crippen LogP contribution in [0.3, 0.4) is 0 Å². The van der Waals surface area contributed by atoms with E-state index in [0.29, 0.717) is 29.2 Å². The Morgan fingerprint density at radius 1 is 0.846 bits per heavy atom. The van der Waals surface area contributed by atoms with Crippen LogP contribution < -0.4 is 0 Å². The van der Waals surface area contributed by atoms with Crippen LogP contribution in [0.1, 0.15) is 25.0 Å². The number of carbonyl (C=O) groups is 1. The highest BCUT2D eigenvalue weighted by Gasteiger charge is 2.27. The molecule has 1 aliphatic heterocycles. The van der Waals surface area contributed by atoms with Crippen LogP contribution in [0.2, 0.25) is 10.0 Å². The summed E-state index contributed by atoms with van der Waals surface area (Å²) < 4.78 is 0. The average Bonchev–Trinajstić information content (AvgIpc) is 2.61. The van der Waals surface area contributed by atoms with E-state index in [1.54, 1.807) is 0 Å². The number of benzene rings is 2. The zero-order valence-electron chi connectivity index (χ0n) is 14.9. The minimum absolute atomic E-state index is 0.0572. The summed E-state index contributed by atoms with van der Waals surface area (Å²) >= 11 is 12.6. The second kappa shape index (κ2) is 8.22. The summed E-state index contributed by atoms with van der Waals surface area (Å²) in [5.74, 6) is 0.0572. The van der Waals surface area contributed by atoms with Crippen molar-refractivity contribution in [1.82, 2.24) is 4.90 Å². The number of hydrogen-bond acceptors (Lipinski definition) is 2. The summed E-state index contributed by atoms with van der Waals surface area (Å²) in [6.45, 7) is 5.50. The predicted octanol–water partition coefficient (Wildman–Crippen LogP) is 5.75. The first-order chi connectivity index (χ1) is 12.5. The lowest BCUT2D eigenvalue weighted by molar-refractivity contribution is -0.113. The molecular weight excluding hydrogens is 365 g/mol. The standard InChI is InChI=1S/C22H21Cl2NO/c1-15(2)25-13-18(11-16-7-3-5-9-20(16)23)22(26)19(14-25)12-17-8-4-6-10-21(17)24/h3-12,15H,13-14H2,1-2H3/b18-11-,19-12+. The van der Waals surface area contributed by atoms with Gasteiger partial charge in [-0.2, -0.15) is 0 Å². The van der Waals surface area contributed by atoms with Crippen LogP contribution in [0.5, 0.6) is 0 Å². The van der Waals surface area contributed by atoms with E-state index in [1.807, 2.05) is 60.7 Å². The summed E-state index contributed by atoms with van der Waals surface area (Å²) in [6, 6.07) is 15.5. The Kier molecular flexibility index (Phi) is 5.98. The Bertz CT molecular complexity index is 816. The van der Waals surface area contributed by atoms with Crippen molar-refractivity contribution in [3.8, 4) is 0 Å². The number of rotatable bonds is 3. The molecule has 1 fully saturated rings. The average molecular weight is 386 g/mol. The van der Waals surface area contributed by atoms with Crippen molar-refractivity contribution in [3.63, 3.8) is 0 Å². The number of hydrogen-bond donors (Lipinski definition) is 0. The molecule has 1 aliphatic rings. The maximum Gasteiger partial charge on any atom is 0.187 e. The molecule has 26 heavy (non-hydrogen) atoms. The maximum atomic E-state index is 13.1. The van der Waals surface area contributed by atoms with Crippen LogP contribution in [-0.2, 0) is 4.79 Å². The van der Waals surface area contributed by atoms with Gasteiger partial charge in [-0.3, -0.25) is 9.69 Å². The molecule has 0 atom stereocenters. The van der Waals surface area contributed by atoms with Gasteiger partial charge in [-0.05, 0) is 49.3 Å². The van der Waals surface area contributed by atoms with Gasteiger partial charge in [0.1, 0.15) is 0 Å².